The molecule has 0 saturated carbocycles. The van der Waals surface area contributed by atoms with Gasteiger partial charge in [-0.25, -0.2) is 13.4 Å². The number of sulfonamides is 1. The van der Waals surface area contributed by atoms with Crippen molar-refractivity contribution in [2.45, 2.75) is 5.75 Å². The lowest BCUT2D eigenvalue weighted by atomic mass is 10.2. The Kier molecular flexibility index (Phi) is 3.55. The van der Waals surface area contributed by atoms with Gasteiger partial charge in [0.25, 0.3) is 10.0 Å². The van der Waals surface area contributed by atoms with Crippen LogP contribution < -0.4 is 0 Å². The number of benzene rings is 1. The quantitative estimate of drug-likeness (QED) is 0.835. The molecular formula is C11H11N3O2S3. The van der Waals surface area contributed by atoms with E-state index in [0.717, 1.165) is 10.1 Å². The molecule has 3 rings (SSSR count). The van der Waals surface area contributed by atoms with Crippen molar-refractivity contribution in [1.29, 1.82) is 0 Å². The molecule has 8 heteroatoms. The summed E-state index contributed by atoms with van der Waals surface area (Å²) in [6.07, 6.45) is 0. The molecule has 2 aliphatic heterocycles. The lowest BCUT2D eigenvalue weighted by molar-refractivity contribution is 0.474. The summed E-state index contributed by atoms with van der Waals surface area (Å²) < 4.78 is 27.4. The molecule has 0 saturated heterocycles. The monoisotopic (exact) mass is 313 g/mol. The third kappa shape index (κ3) is 3.13. The van der Waals surface area contributed by atoms with E-state index < -0.39 is 10.0 Å². The largest absolute Gasteiger partial charge is 0.257 e. The van der Waals surface area contributed by atoms with Crippen LogP contribution in [0.3, 0.4) is 0 Å². The molecule has 0 amide bonds. The third-order valence-electron chi connectivity index (χ3n) is 2.59. The van der Waals surface area contributed by atoms with Gasteiger partial charge in [-0.2, -0.15) is 5.10 Å². The minimum absolute atomic E-state index is 0.0389. The van der Waals surface area contributed by atoms with Crippen LogP contribution in [0.2, 0.25) is 0 Å². The first-order valence-corrected chi connectivity index (χ1v) is 9.07. The van der Waals surface area contributed by atoms with Crippen molar-refractivity contribution < 1.29 is 8.42 Å². The van der Waals surface area contributed by atoms with Gasteiger partial charge in [0.2, 0.25) is 5.17 Å². The number of rotatable bonds is 2. The SMILES string of the molecule is O=S1(=O)CCN2N=C(SCc3ccccc3)SC2=N1. The van der Waals surface area contributed by atoms with Gasteiger partial charge >= 0.3 is 0 Å². The van der Waals surface area contributed by atoms with Crippen LogP contribution in [0, 0.1) is 0 Å². The second kappa shape index (κ2) is 5.18. The number of hydrazone groups is 1. The van der Waals surface area contributed by atoms with Crippen molar-refractivity contribution in [3.63, 3.8) is 0 Å². The molecule has 0 bridgehead atoms. The highest BCUT2D eigenvalue weighted by atomic mass is 32.2. The van der Waals surface area contributed by atoms with Crippen LogP contribution in [0.1, 0.15) is 5.56 Å². The van der Waals surface area contributed by atoms with Crippen molar-refractivity contribution in [2.24, 2.45) is 9.50 Å². The highest BCUT2D eigenvalue weighted by Crippen LogP contribution is 2.31. The third-order valence-corrected chi connectivity index (χ3v) is 6.00. The van der Waals surface area contributed by atoms with Crippen LogP contribution in [0.5, 0.6) is 0 Å². The number of nitrogens with zero attached hydrogens (tertiary/aromatic N) is 3. The van der Waals surface area contributed by atoms with E-state index in [1.54, 1.807) is 16.8 Å². The van der Waals surface area contributed by atoms with Gasteiger partial charge in [-0.1, -0.05) is 42.1 Å². The molecule has 19 heavy (non-hydrogen) atoms. The molecule has 0 spiro atoms. The van der Waals surface area contributed by atoms with Crippen molar-refractivity contribution in [2.75, 3.05) is 12.3 Å². The van der Waals surface area contributed by atoms with Gasteiger partial charge in [0.1, 0.15) is 0 Å². The zero-order chi connectivity index (χ0) is 13.3. The molecule has 0 aliphatic carbocycles. The molecule has 0 aromatic heterocycles. The first-order valence-electron chi connectivity index (χ1n) is 5.66. The fourth-order valence-corrected chi connectivity index (χ4v) is 4.77. The standard InChI is InChI=1S/C11H11N3O2S3/c15-19(16)7-6-14-10(13-19)18-11(12-14)17-8-9-4-2-1-3-5-9/h1-5H,6-8H2. The Morgan fingerprint density at radius 3 is 2.89 bits per heavy atom. The van der Waals surface area contributed by atoms with Gasteiger partial charge < -0.3 is 0 Å². The van der Waals surface area contributed by atoms with E-state index in [2.05, 4.69) is 21.6 Å². The number of thioether (sulfide) groups is 2. The number of amidine groups is 1. The van der Waals surface area contributed by atoms with Crippen molar-refractivity contribution in [3.05, 3.63) is 35.9 Å². The lowest BCUT2D eigenvalue weighted by Crippen LogP contribution is -2.31. The van der Waals surface area contributed by atoms with Crippen LogP contribution in [0.15, 0.2) is 39.8 Å². The Hall–Kier alpha value is -0.990. The molecule has 0 unspecified atom stereocenters. The first kappa shape index (κ1) is 13.0. The summed E-state index contributed by atoms with van der Waals surface area (Å²) >= 11 is 2.92. The summed E-state index contributed by atoms with van der Waals surface area (Å²) in [5.74, 6) is 0.859. The Labute approximate surface area is 120 Å². The molecule has 0 N–H and O–H groups in total. The molecule has 5 nitrogen and oxygen atoms in total. The Morgan fingerprint density at radius 1 is 1.32 bits per heavy atom. The predicted octanol–water partition coefficient (Wildman–Crippen LogP) is 1.94. The maximum Gasteiger partial charge on any atom is 0.257 e. The van der Waals surface area contributed by atoms with Crippen LogP contribution in [-0.4, -0.2) is 35.3 Å². The van der Waals surface area contributed by atoms with Crippen molar-refractivity contribution in [1.82, 2.24) is 5.01 Å². The minimum atomic E-state index is -3.28. The Morgan fingerprint density at radius 2 is 2.11 bits per heavy atom. The smallest absolute Gasteiger partial charge is 0.239 e. The van der Waals surface area contributed by atoms with Crippen molar-refractivity contribution in [3.8, 4) is 0 Å². The first-order chi connectivity index (χ1) is 9.12. The lowest BCUT2D eigenvalue weighted by Gasteiger charge is -2.16. The zero-order valence-electron chi connectivity index (χ0n) is 9.89. The van der Waals surface area contributed by atoms with Crippen LogP contribution >= 0.6 is 23.5 Å². The van der Waals surface area contributed by atoms with Gasteiger partial charge in [0.15, 0.2) is 4.38 Å². The summed E-state index contributed by atoms with van der Waals surface area (Å²) in [7, 11) is -3.28. The van der Waals surface area contributed by atoms with E-state index in [1.165, 1.54) is 17.3 Å². The number of fused-ring (bicyclic) bond motifs is 1. The van der Waals surface area contributed by atoms with Crippen LogP contribution in [0.25, 0.3) is 0 Å². The molecule has 100 valence electrons. The van der Waals surface area contributed by atoms with Crippen molar-refractivity contribution >= 4 is 43.1 Å². The number of hydrogen-bond donors (Lipinski definition) is 0. The molecule has 2 heterocycles. The van der Waals surface area contributed by atoms with E-state index in [1.807, 2.05) is 18.2 Å². The van der Waals surface area contributed by atoms with Crippen LogP contribution in [-0.2, 0) is 15.8 Å². The molecule has 0 atom stereocenters. The van der Waals surface area contributed by atoms with Gasteiger partial charge in [-0.3, -0.25) is 0 Å². The van der Waals surface area contributed by atoms with E-state index in [9.17, 15) is 8.42 Å². The van der Waals surface area contributed by atoms with E-state index in [-0.39, 0.29) is 5.75 Å². The second-order valence-corrected chi connectivity index (χ2v) is 7.96. The molecule has 1 aromatic carbocycles. The van der Waals surface area contributed by atoms with Gasteiger partial charge in [-0.05, 0) is 17.3 Å². The average Bonchev–Trinajstić information content (AvgIpc) is 2.78. The summed E-state index contributed by atoms with van der Waals surface area (Å²) in [6, 6.07) is 10.1. The Balaban J connectivity index is 1.66. The summed E-state index contributed by atoms with van der Waals surface area (Å²) in [5, 5.41) is 6.51. The normalized spacial score (nSPS) is 20.7. The van der Waals surface area contributed by atoms with E-state index in [4.69, 9.17) is 0 Å². The highest BCUT2D eigenvalue weighted by molar-refractivity contribution is 8.45. The summed E-state index contributed by atoms with van der Waals surface area (Å²) in [5.41, 5.74) is 1.22. The minimum Gasteiger partial charge on any atom is -0.239 e. The fraction of sp³-hybridized carbons (Fsp3) is 0.273. The fourth-order valence-electron chi connectivity index (χ4n) is 1.65. The topological polar surface area (TPSA) is 62.1 Å². The van der Waals surface area contributed by atoms with Gasteiger partial charge in [0, 0.05) is 5.75 Å². The number of hydrogen-bond acceptors (Lipinski definition) is 6. The molecular weight excluding hydrogens is 302 g/mol. The summed E-state index contributed by atoms with van der Waals surface area (Å²) in [6.45, 7) is 0.392. The highest BCUT2D eigenvalue weighted by Gasteiger charge is 2.30. The molecule has 0 fully saturated rings. The maximum atomic E-state index is 11.4. The Bertz CT molecular complexity index is 640. The van der Waals surface area contributed by atoms with Gasteiger partial charge in [-0.15, -0.1) is 4.40 Å². The average molecular weight is 313 g/mol. The van der Waals surface area contributed by atoms with Gasteiger partial charge in [0.05, 0.1) is 12.3 Å². The molecule has 2 aliphatic rings. The zero-order valence-corrected chi connectivity index (χ0v) is 12.3. The molecule has 0 radical (unpaired) electrons. The molecule has 1 aromatic rings. The second-order valence-electron chi connectivity index (χ2n) is 4.03. The predicted molar refractivity (Wildman–Crippen MR) is 80.7 cm³/mol. The summed E-state index contributed by atoms with van der Waals surface area (Å²) in [4.78, 5) is 0. The van der Waals surface area contributed by atoms with Crippen LogP contribution in [0.4, 0.5) is 0 Å². The maximum absolute atomic E-state index is 11.4. The van der Waals surface area contributed by atoms with E-state index in [0.29, 0.717) is 11.7 Å². The van der Waals surface area contributed by atoms with E-state index >= 15 is 0 Å².